The second kappa shape index (κ2) is 12.8. The van der Waals surface area contributed by atoms with Crippen LogP contribution in [-0.2, 0) is 16.1 Å². The first-order chi connectivity index (χ1) is 19.9. The quantitative estimate of drug-likeness (QED) is 0.520. The van der Waals surface area contributed by atoms with E-state index in [0.717, 1.165) is 5.56 Å². The lowest BCUT2D eigenvalue weighted by atomic mass is 10.0. The Kier molecular flexibility index (Phi) is 8.79. The van der Waals surface area contributed by atoms with Crippen molar-refractivity contribution in [1.29, 1.82) is 0 Å². The van der Waals surface area contributed by atoms with Crippen LogP contribution in [0.25, 0.3) is 0 Å². The second-order valence-electron chi connectivity index (χ2n) is 10.1. The van der Waals surface area contributed by atoms with Gasteiger partial charge in [-0.3, -0.25) is 19.4 Å². The molecule has 10 nitrogen and oxygen atoms in total. The molecule has 0 spiro atoms. The van der Waals surface area contributed by atoms with Crippen molar-refractivity contribution in [3.05, 3.63) is 83.7 Å². The van der Waals surface area contributed by atoms with Crippen molar-refractivity contribution >= 4 is 17.7 Å². The van der Waals surface area contributed by atoms with Gasteiger partial charge in [0.2, 0.25) is 5.91 Å². The molecule has 214 valence electrons. The summed E-state index contributed by atoms with van der Waals surface area (Å²) in [6.45, 7) is 3.27. The zero-order valence-electron chi connectivity index (χ0n) is 23.2. The molecule has 1 N–H and O–H groups in total. The van der Waals surface area contributed by atoms with Crippen molar-refractivity contribution < 1.29 is 28.6 Å². The van der Waals surface area contributed by atoms with Gasteiger partial charge < -0.3 is 29.3 Å². The van der Waals surface area contributed by atoms with Gasteiger partial charge in [0.05, 0.1) is 38.0 Å². The molecule has 5 rings (SSSR count). The van der Waals surface area contributed by atoms with Crippen molar-refractivity contribution in [3.8, 4) is 17.2 Å². The molecule has 0 radical (unpaired) electrons. The fourth-order valence-electron chi connectivity index (χ4n) is 5.16. The van der Waals surface area contributed by atoms with E-state index in [9.17, 15) is 14.4 Å². The Morgan fingerprint density at radius 1 is 1.15 bits per heavy atom. The molecule has 3 aromatic rings. The predicted molar refractivity (Wildman–Crippen MR) is 151 cm³/mol. The summed E-state index contributed by atoms with van der Waals surface area (Å²) in [5, 5.41) is 3.09. The number of methoxy groups -OCH3 is 1. The number of nitrogens with zero attached hydrogens (tertiary/aromatic N) is 3. The van der Waals surface area contributed by atoms with Crippen LogP contribution in [0.15, 0.2) is 67.0 Å². The number of carbonyl (C=O) groups is 3. The van der Waals surface area contributed by atoms with E-state index in [1.54, 1.807) is 47.6 Å². The van der Waals surface area contributed by atoms with Gasteiger partial charge in [-0.2, -0.15) is 0 Å². The highest BCUT2D eigenvalue weighted by molar-refractivity contribution is 5.97. The molecule has 4 bridgehead atoms. The molecule has 1 saturated heterocycles. The average molecular weight is 559 g/mol. The number of rotatable bonds is 4. The third-order valence-corrected chi connectivity index (χ3v) is 7.22. The van der Waals surface area contributed by atoms with E-state index < -0.39 is 6.10 Å². The van der Waals surface area contributed by atoms with Gasteiger partial charge in [0.25, 0.3) is 11.8 Å². The minimum absolute atomic E-state index is 0.102. The summed E-state index contributed by atoms with van der Waals surface area (Å²) in [5.41, 5.74) is 1.75. The predicted octanol–water partition coefficient (Wildman–Crippen LogP) is 3.66. The molecule has 2 aliphatic heterocycles. The number of piperidine rings is 1. The van der Waals surface area contributed by atoms with Gasteiger partial charge in [-0.25, -0.2) is 0 Å². The van der Waals surface area contributed by atoms with Crippen LogP contribution < -0.4 is 14.8 Å². The summed E-state index contributed by atoms with van der Waals surface area (Å²) in [5.74, 6) is 0.739. The molecule has 0 unspecified atom stereocenters. The first-order valence-corrected chi connectivity index (χ1v) is 13.8. The second-order valence-corrected chi connectivity index (χ2v) is 10.1. The lowest BCUT2D eigenvalue weighted by Crippen LogP contribution is -2.57. The minimum atomic E-state index is -0.464. The number of benzene rings is 2. The zero-order valence-corrected chi connectivity index (χ0v) is 23.2. The van der Waals surface area contributed by atoms with Gasteiger partial charge in [-0.1, -0.05) is 19.1 Å². The third-order valence-electron chi connectivity index (χ3n) is 7.22. The van der Waals surface area contributed by atoms with E-state index in [0.29, 0.717) is 60.9 Å². The molecule has 1 fully saturated rings. The number of aromatic nitrogens is 1. The van der Waals surface area contributed by atoms with Gasteiger partial charge >= 0.3 is 0 Å². The van der Waals surface area contributed by atoms with Gasteiger partial charge in [0.15, 0.2) is 11.5 Å². The van der Waals surface area contributed by atoms with E-state index in [1.165, 1.54) is 12.0 Å². The highest BCUT2D eigenvalue weighted by Gasteiger charge is 2.34. The maximum atomic E-state index is 13.5. The summed E-state index contributed by atoms with van der Waals surface area (Å²) >= 11 is 0. The molecule has 2 aromatic carbocycles. The largest absolute Gasteiger partial charge is 0.493 e. The number of carbonyl (C=O) groups excluding carboxylic acids is 3. The minimum Gasteiger partial charge on any atom is -0.493 e. The molecule has 0 saturated carbocycles. The number of likely N-dealkylation sites (tertiary alicyclic amines) is 1. The summed E-state index contributed by atoms with van der Waals surface area (Å²) in [6.07, 6.45) is 3.90. The number of pyridine rings is 1. The maximum absolute atomic E-state index is 13.5. The lowest BCUT2D eigenvalue weighted by molar-refractivity contribution is -0.124. The molecule has 0 aliphatic carbocycles. The molecule has 10 heteroatoms. The Morgan fingerprint density at radius 3 is 2.80 bits per heavy atom. The summed E-state index contributed by atoms with van der Waals surface area (Å²) < 4.78 is 18.0. The van der Waals surface area contributed by atoms with Crippen molar-refractivity contribution in [2.75, 3.05) is 33.3 Å². The molecule has 41 heavy (non-hydrogen) atoms. The topological polar surface area (TPSA) is 110 Å². The fraction of sp³-hybridized carbons (Fsp3) is 0.355. The van der Waals surface area contributed by atoms with E-state index in [1.807, 2.05) is 31.2 Å². The van der Waals surface area contributed by atoms with Crippen LogP contribution in [0.4, 0.5) is 0 Å². The number of hydrogen-bond donors (Lipinski definition) is 1. The Hall–Kier alpha value is -4.44. The average Bonchev–Trinajstić information content (AvgIpc) is 3.00. The number of ether oxygens (including phenoxy) is 3. The van der Waals surface area contributed by atoms with Crippen LogP contribution in [0.3, 0.4) is 0 Å². The summed E-state index contributed by atoms with van der Waals surface area (Å²) in [6, 6.07) is 15.6. The van der Waals surface area contributed by atoms with Crippen molar-refractivity contribution in [1.82, 2.24) is 20.1 Å². The SMILES string of the molecule is CCCN1CC(=O)N[C@H]2CCN(C(=O)c3cccnc3)C[C@@H]2OCc2cccc(c2)Oc2cc(ccc2OC)C1=O. The van der Waals surface area contributed by atoms with Crippen LogP contribution >= 0.6 is 0 Å². The monoisotopic (exact) mass is 558 g/mol. The molecule has 3 amide bonds. The van der Waals surface area contributed by atoms with Crippen molar-refractivity contribution in [3.63, 3.8) is 0 Å². The van der Waals surface area contributed by atoms with Gasteiger partial charge in [-0.05, 0) is 60.9 Å². The van der Waals surface area contributed by atoms with E-state index in [-0.39, 0.29) is 36.9 Å². The van der Waals surface area contributed by atoms with Gasteiger partial charge in [0.1, 0.15) is 5.75 Å². The molecule has 2 atom stereocenters. The first kappa shape index (κ1) is 28.1. The molecular formula is C31H34N4O6. The molecule has 1 aromatic heterocycles. The third kappa shape index (κ3) is 6.66. The first-order valence-electron chi connectivity index (χ1n) is 13.8. The van der Waals surface area contributed by atoms with E-state index >= 15 is 0 Å². The number of hydrogen-bond acceptors (Lipinski definition) is 7. The highest BCUT2D eigenvalue weighted by atomic mass is 16.5. The fourth-order valence-corrected chi connectivity index (χ4v) is 5.16. The normalized spacial score (nSPS) is 19.6. The summed E-state index contributed by atoms with van der Waals surface area (Å²) in [4.78, 5) is 47.3. The lowest BCUT2D eigenvalue weighted by Gasteiger charge is -2.39. The Labute approximate surface area is 239 Å². The van der Waals surface area contributed by atoms with Crippen molar-refractivity contribution in [2.24, 2.45) is 0 Å². The highest BCUT2D eigenvalue weighted by Crippen LogP contribution is 2.33. The van der Waals surface area contributed by atoms with Gasteiger partial charge in [-0.15, -0.1) is 0 Å². The smallest absolute Gasteiger partial charge is 0.255 e. The van der Waals surface area contributed by atoms with E-state index in [2.05, 4.69) is 10.3 Å². The van der Waals surface area contributed by atoms with Crippen LogP contribution in [0, 0.1) is 0 Å². The van der Waals surface area contributed by atoms with Gasteiger partial charge in [0, 0.05) is 37.6 Å². The number of amides is 3. The maximum Gasteiger partial charge on any atom is 0.255 e. The number of nitrogens with one attached hydrogen (secondary N) is 1. The number of fused-ring (bicyclic) bond motifs is 5. The van der Waals surface area contributed by atoms with Crippen LogP contribution in [-0.4, -0.2) is 77.9 Å². The van der Waals surface area contributed by atoms with Crippen molar-refractivity contribution in [2.45, 2.75) is 38.5 Å². The van der Waals surface area contributed by atoms with Crippen LogP contribution in [0.5, 0.6) is 17.2 Å². The summed E-state index contributed by atoms with van der Waals surface area (Å²) in [7, 11) is 1.54. The van der Waals surface area contributed by atoms with Crippen LogP contribution in [0.2, 0.25) is 0 Å². The van der Waals surface area contributed by atoms with E-state index in [4.69, 9.17) is 14.2 Å². The Balaban J connectivity index is 1.45. The molecule has 3 heterocycles. The zero-order chi connectivity index (χ0) is 28.8. The standard InChI is InChI=1S/C31H34N4O6/c1-3-13-34-19-29(36)33-25-11-14-35(31(38)23-7-5-12-32-17-23)18-28(25)40-20-21-6-4-8-24(15-21)41-27-16-22(30(34)37)9-10-26(27)39-2/h4-10,12,15-17,25,28H,3,11,13-14,18-20H2,1-2H3,(H,33,36)/t25-,28-/m0/s1. The Bertz CT molecular complexity index is 1400. The van der Waals surface area contributed by atoms with Crippen LogP contribution in [0.1, 0.15) is 46.0 Å². The molecular weight excluding hydrogens is 524 g/mol. The molecule has 2 aliphatic rings. The Morgan fingerprint density at radius 2 is 2.02 bits per heavy atom.